The SMILES string of the molecule is FC(F)(F)c1cc(N2CCn3cnnc3C2)nc(Cl)n1. The van der Waals surface area contributed by atoms with Crippen molar-refractivity contribution in [3.05, 3.63) is 29.2 Å². The Labute approximate surface area is 116 Å². The first-order valence-corrected chi connectivity index (χ1v) is 6.05. The third kappa shape index (κ3) is 2.40. The van der Waals surface area contributed by atoms with Crippen molar-refractivity contribution in [3.8, 4) is 0 Å². The molecule has 0 aromatic carbocycles. The van der Waals surface area contributed by atoms with Crippen LogP contribution < -0.4 is 4.90 Å². The Morgan fingerprint density at radius 1 is 1.20 bits per heavy atom. The topological polar surface area (TPSA) is 59.7 Å². The Kier molecular flexibility index (Phi) is 3.00. The highest BCUT2D eigenvalue weighted by molar-refractivity contribution is 6.28. The second-order valence-electron chi connectivity index (χ2n) is 4.24. The number of fused-ring (bicyclic) bond motifs is 1. The number of aromatic nitrogens is 5. The van der Waals surface area contributed by atoms with Crippen LogP contribution in [0, 0.1) is 0 Å². The van der Waals surface area contributed by atoms with Crippen molar-refractivity contribution in [2.24, 2.45) is 0 Å². The lowest BCUT2D eigenvalue weighted by atomic mass is 10.3. The van der Waals surface area contributed by atoms with E-state index in [0.717, 1.165) is 6.07 Å². The second-order valence-corrected chi connectivity index (χ2v) is 4.58. The first kappa shape index (κ1) is 13.1. The maximum Gasteiger partial charge on any atom is 0.433 e. The van der Waals surface area contributed by atoms with Crippen molar-refractivity contribution in [1.82, 2.24) is 24.7 Å². The van der Waals surface area contributed by atoms with E-state index < -0.39 is 17.2 Å². The van der Waals surface area contributed by atoms with E-state index in [0.29, 0.717) is 25.5 Å². The summed E-state index contributed by atoms with van der Waals surface area (Å²) in [6, 6.07) is 0.887. The molecule has 0 saturated heterocycles. The standard InChI is InChI=1S/C10H8ClF3N6/c11-9-16-6(10(12,13)14)3-7(17-9)19-1-2-20-5-15-18-8(20)4-19/h3,5H,1-2,4H2. The lowest BCUT2D eigenvalue weighted by molar-refractivity contribution is -0.141. The summed E-state index contributed by atoms with van der Waals surface area (Å²) in [5.74, 6) is 0.797. The van der Waals surface area contributed by atoms with Crippen molar-refractivity contribution < 1.29 is 13.2 Å². The minimum absolute atomic E-state index is 0.131. The van der Waals surface area contributed by atoms with Crippen LogP contribution >= 0.6 is 11.6 Å². The Balaban J connectivity index is 1.93. The molecule has 0 unspecified atom stereocenters. The Morgan fingerprint density at radius 3 is 2.75 bits per heavy atom. The van der Waals surface area contributed by atoms with Gasteiger partial charge in [-0.3, -0.25) is 0 Å². The first-order chi connectivity index (χ1) is 9.43. The zero-order valence-electron chi connectivity index (χ0n) is 9.97. The Morgan fingerprint density at radius 2 is 2.00 bits per heavy atom. The predicted molar refractivity (Wildman–Crippen MR) is 63.1 cm³/mol. The quantitative estimate of drug-likeness (QED) is 0.751. The fourth-order valence-corrected chi connectivity index (χ4v) is 2.15. The van der Waals surface area contributed by atoms with Crippen molar-refractivity contribution in [1.29, 1.82) is 0 Å². The summed E-state index contributed by atoms with van der Waals surface area (Å²) in [7, 11) is 0. The van der Waals surface area contributed by atoms with E-state index in [-0.39, 0.29) is 5.82 Å². The molecular weight excluding hydrogens is 297 g/mol. The number of nitrogens with zero attached hydrogens (tertiary/aromatic N) is 6. The maximum absolute atomic E-state index is 12.7. The number of rotatable bonds is 1. The largest absolute Gasteiger partial charge is 0.433 e. The fourth-order valence-electron chi connectivity index (χ4n) is 1.97. The molecule has 20 heavy (non-hydrogen) atoms. The number of anilines is 1. The normalized spacial score (nSPS) is 15.3. The van der Waals surface area contributed by atoms with Crippen LogP contribution in [0.4, 0.5) is 19.0 Å². The third-order valence-corrected chi connectivity index (χ3v) is 3.11. The van der Waals surface area contributed by atoms with E-state index in [1.807, 2.05) is 4.57 Å². The van der Waals surface area contributed by atoms with Crippen LogP contribution in [0.15, 0.2) is 12.4 Å². The lowest BCUT2D eigenvalue weighted by Gasteiger charge is -2.28. The molecule has 0 saturated carbocycles. The molecule has 0 spiro atoms. The summed E-state index contributed by atoms with van der Waals surface area (Å²) >= 11 is 5.57. The molecule has 106 valence electrons. The number of halogens is 4. The van der Waals surface area contributed by atoms with Gasteiger partial charge in [-0.15, -0.1) is 10.2 Å². The molecule has 2 aromatic rings. The van der Waals surface area contributed by atoms with Gasteiger partial charge in [0.2, 0.25) is 5.28 Å². The summed E-state index contributed by atoms with van der Waals surface area (Å²) in [6.45, 7) is 1.39. The molecule has 0 aliphatic carbocycles. The van der Waals surface area contributed by atoms with Crippen LogP contribution in [0.2, 0.25) is 5.28 Å². The molecule has 10 heteroatoms. The molecule has 1 aliphatic rings. The molecule has 0 atom stereocenters. The Bertz CT molecular complexity index is 640. The van der Waals surface area contributed by atoms with Gasteiger partial charge in [-0.1, -0.05) is 0 Å². The monoisotopic (exact) mass is 304 g/mol. The molecule has 6 nitrogen and oxygen atoms in total. The molecule has 2 aromatic heterocycles. The van der Waals surface area contributed by atoms with Gasteiger partial charge in [0.1, 0.15) is 12.1 Å². The zero-order chi connectivity index (χ0) is 14.3. The van der Waals surface area contributed by atoms with E-state index in [9.17, 15) is 13.2 Å². The van der Waals surface area contributed by atoms with Crippen LogP contribution in [-0.2, 0) is 19.3 Å². The summed E-state index contributed by atoms with van der Waals surface area (Å²) in [4.78, 5) is 8.71. The number of hydrogen-bond acceptors (Lipinski definition) is 5. The van der Waals surface area contributed by atoms with Crippen LogP contribution in [0.1, 0.15) is 11.5 Å². The molecule has 3 rings (SSSR count). The van der Waals surface area contributed by atoms with Gasteiger partial charge in [-0.05, 0) is 11.6 Å². The third-order valence-electron chi connectivity index (χ3n) is 2.94. The van der Waals surface area contributed by atoms with Crippen LogP contribution in [0.25, 0.3) is 0 Å². The summed E-state index contributed by atoms with van der Waals surface area (Å²) < 4.78 is 40.0. The van der Waals surface area contributed by atoms with Gasteiger partial charge >= 0.3 is 6.18 Å². The van der Waals surface area contributed by atoms with Crippen LogP contribution in [0.5, 0.6) is 0 Å². The molecule has 0 fully saturated rings. The van der Waals surface area contributed by atoms with Crippen molar-refractivity contribution in [2.45, 2.75) is 19.3 Å². The van der Waals surface area contributed by atoms with Crippen LogP contribution in [-0.4, -0.2) is 31.3 Å². The molecule has 3 heterocycles. The Hall–Kier alpha value is -1.90. The van der Waals surface area contributed by atoms with E-state index in [1.54, 1.807) is 11.2 Å². The molecule has 0 radical (unpaired) electrons. The van der Waals surface area contributed by atoms with E-state index >= 15 is 0 Å². The van der Waals surface area contributed by atoms with Gasteiger partial charge in [-0.25, -0.2) is 9.97 Å². The summed E-state index contributed by atoms with van der Waals surface area (Å²) in [5, 5.41) is 7.22. The van der Waals surface area contributed by atoms with Gasteiger partial charge in [0.25, 0.3) is 0 Å². The second kappa shape index (κ2) is 4.58. The van der Waals surface area contributed by atoms with Crippen LogP contribution in [0.3, 0.4) is 0 Å². The molecule has 1 aliphatic heterocycles. The molecule has 0 bridgehead atoms. The average Bonchev–Trinajstić information content (AvgIpc) is 2.84. The lowest BCUT2D eigenvalue weighted by Crippen LogP contribution is -2.34. The van der Waals surface area contributed by atoms with Gasteiger partial charge in [0, 0.05) is 19.2 Å². The minimum Gasteiger partial charge on any atom is -0.347 e. The highest BCUT2D eigenvalue weighted by Gasteiger charge is 2.34. The first-order valence-electron chi connectivity index (χ1n) is 5.67. The highest BCUT2D eigenvalue weighted by atomic mass is 35.5. The molecule has 0 amide bonds. The molecular formula is C10H8ClF3N6. The van der Waals surface area contributed by atoms with Gasteiger partial charge < -0.3 is 9.47 Å². The van der Waals surface area contributed by atoms with Crippen molar-refractivity contribution in [2.75, 3.05) is 11.4 Å². The minimum atomic E-state index is -4.56. The fraction of sp³-hybridized carbons (Fsp3) is 0.400. The zero-order valence-corrected chi connectivity index (χ0v) is 10.7. The van der Waals surface area contributed by atoms with Crippen molar-refractivity contribution in [3.63, 3.8) is 0 Å². The summed E-state index contributed by atoms with van der Waals surface area (Å²) in [5.41, 5.74) is -1.06. The number of hydrogen-bond donors (Lipinski definition) is 0. The van der Waals surface area contributed by atoms with E-state index in [1.165, 1.54) is 0 Å². The smallest absolute Gasteiger partial charge is 0.347 e. The predicted octanol–water partition coefficient (Wildman–Crippen LogP) is 1.76. The van der Waals surface area contributed by atoms with E-state index in [4.69, 9.17) is 11.6 Å². The van der Waals surface area contributed by atoms with Gasteiger partial charge in [0.15, 0.2) is 11.5 Å². The van der Waals surface area contributed by atoms with E-state index in [2.05, 4.69) is 20.2 Å². The summed E-state index contributed by atoms with van der Waals surface area (Å²) in [6.07, 6.45) is -2.97. The molecule has 0 N–H and O–H groups in total. The maximum atomic E-state index is 12.7. The van der Waals surface area contributed by atoms with Gasteiger partial charge in [0.05, 0.1) is 6.54 Å². The van der Waals surface area contributed by atoms with Crippen molar-refractivity contribution >= 4 is 17.4 Å². The van der Waals surface area contributed by atoms with Gasteiger partial charge in [-0.2, -0.15) is 13.2 Å². The highest BCUT2D eigenvalue weighted by Crippen LogP contribution is 2.31. The average molecular weight is 305 g/mol. The number of alkyl halides is 3.